The number of ether oxygens (including phenoxy) is 2. The maximum absolute atomic E-state index is 5.18. The van der Waals surface area contributed by atoms with Crippen LogP contribution >= 0.6 is 0 Å². The Morgan fingerprint density at radius 2 is 2.60 bits per heavy atom. The molecule has 1 fully saturated rings. The lowest BCUT2D eigenvalue weighted by molar-refractivity contribution is 0.0296. The average Bonchev–Trinajstić information content (AvgIpc) is 2.63. The third-order valence-electron chi connectivity index (χ3n) is 1.29. The molecule has 10 heavy (non-hydrogen) atoms. The van der Waals surface area contributed by atoms with Crippen molar-refractivity contribution in [3.8, 4) is 0 Å². The van der Waals surface area contributed by atoms with E-state index >= 15 is 0 Å². The molecule has 2 heterocycles. The number of furan rings is 1. The van der Waals surface area contributed by atoms with E-state index in [4.69, 9.17) is 13.9 Å². The predicted octanol–water partition coefficient (Wildman–Crippen LogP) is 1.15. The van der Waals surface area contributed by atoms with Crippen LogP contribution in [0.25, 0.3) is 0 Å². The van der Waals surface area contributed by atoms with Crippen LogP contribution < -0.4 is 0 Å². The largest absolute Gasteiger partial charge is 0.467 e. The first kappa shape index (κ1) is 5.95. The molecular weight excluding hydrogens is 132 g/mol. The van der Waals surface area contributed by atoms with Crippen LogP contribution in [0.1, 0.15) is 5.76 Å². The third kappa shape index (κ3) is 1.37. The molecule has 0 aliphatic carbocycles. The van der Waals surface area contributed by atoms with E-state index < -0.39 is 0 Å². The van der Waals surface area contributed by atoms with E-state index in [2.05, 4.69) is 0 Å². The molecule has 2 rings (SSSR count). The molecule has 1 unspecified atom stereocenters. The fourth-order valence-electron chi connectivity index (χ4n) is 0.705. The minimum atomic E-state index is 0.0186. The van der Waals surface area contributed by atoms with Crippen LogP contribution in [0.5, 0.6) is 0 Å². The van der Waals surface area contributed by atoms with Crippen LogP contribution in [-0.4, -0.2) is 12.9 Å². The molecule has 0 amide bonds. The molecule has 1 aliphatic heterocycles. The van der Waals surface area contributed by atoms with Crippen molar-refractivity contribution in [1.82, 2.24) is 0 Å². The van der Waals surface area contributed by atoms with Gasteiger partial charge in [0.1, 0.15) is 19.0 Å². The van der Waals surface area contributed by atoms with Crippen LogP contribution in [-0.2, 0) is 16.1 Å². The van der Waals surface area contributed by atoms with Gasteiger partial charge in [0, 0.05) is 0 Å². The zero-order valence-corrected chi connectivity index (χ0v) is 5.45. The summed E-state index contributed by atoms with van der Waals surface area (Å²) >= 11 is 0. The Morgan fingerprint density at radius 1 is 1.70 bits per heavy atom. The van der Waals surface area contributed by atoms with Crippen LogP contribution in [0.2, 0.25) is 0 Å². The van der Waals surface area contributed by atoms with Crippen molar-refractivity contribution in [3.05, 3.63) is 24.2 Å². The molecule has 0 spiro atoms. The van der Waals surface area contributed by atoms with Gasteiger partial charge in [0.2, 0.25) is 0 Å². The van der Waals surface area contributed by atoms with Crippen LogP contribution in [0.4, 0.5) is 0 Å². The average molecular weight is 140 g/mol. The molecule has 1 atom stereocenters. The van der Waals surface area contributed by atoms with Gasteiger partial charge in [-0.05, 0) is 12.1 Å². The molecule has 3 heteroatoms. The Balaban J connectivity index is 1.79. The van der Waals surface area contributed by atoms with Crippen LogP contribution in [0, 0.1) is 0 Å². The van der Waals surface area contributed by atoms with Gasteiger partial charge in [0.15, 0.2) is 6.29 Å². The lowest BCUT2D eigenvalue weighted by atomic mass is 10.5. The molecule has 0 aromatic carbocycles. The molecule has 3 nitrogen and oxygen atoms in total. The molecule has 0 radical (unpaired) electrons. The number of hydrogen-bond acceptors (Lipinski definition) is 3. The number of hydrogen-bond donors (Lipinski definition) is 0. The quantitative estimate of drug-likeness (QED) is 0.591. The SMILES string of the molecule is c1coc(COC2CO2)c1. The second-order valence-corrected chi connectivity index (χ2v) is 2.15. The van der Waals surface area contributed by atoms with Crippen molar-refractivity contribution in [3.63, 3.8) is 0 Å². The first-order valence-corrected chi connectivity index (χ1v) is 3.21. The number of epoxide rings is 1. The predicted molar refractivity (Wildman–Crippen MR) is 33.2 cm³/mol. The fourth-order valence-corrected chi connectivity index (χ4v) is 0.705. The van der Waals surface area contributed by atoms with Gasteiger partial charge in [-0.1, -0.05) is 0 Å². The summed E-state index contributed by atoms with van der Waals surface area (Å²) in [5, 5.41) is 0. The van der Waals surface area contributed by atoms with E-state index in [1.165, 1.54) is 0 Å². The lowest BCUT2D eigenvalue weighted by Gasteiger charge is -1.93. The lowest BCUT2D eigenvalue weighted by Crippen LogP contribution is -1.93. The second-order valence-electron chi connectivity index (χ2n) is 2.15. The summed E-state index contributed by atoms with van der Waals surface area (Å²) in [7, 11) is 0. The van der Waals surface area contributed by atoms with Gasteiger partial charge in [0.05, 0.1) is 6.26 Å². The van der Waals surface area contributed by atoms with Crippen LogP contribution in [0.15, 0.2) is 22.8 Å². The molecule has 1 aliphatic rings. The summed E-state index contributed by atoms with van der Waals surface area (Å²) in [6.07, 6.45) is 1.65. The zero-order valence-electron chi connectivity index (χ0n) is 5.45. The van der Waals surface area contributed by atoms with Crippen molar-refractivity contribution in [1.29, 1.82) is 0 Å². The highest BCUT2D eigenvalue weighted by molar-refractivity contribution is 4.96. The van der Waals surface area contributed by atoms with Crippen molar-refractivity contribution in [2.75, 3.05) is 6.61 Å². The van der Waals surface area contributed by atoms with E-state index in [1.54, 1.807) is 6.26 Å². The van der Waals surface area contributed by atoms with E-state index in [0.29, 0.717) is 6.61 Å². The van der Waals surface area contributed by atoms with Gasteiger partial charge in [-0.15, -0.1) is 0 Å². The summed E-state index contributed by atoms with van der Waals surface area (Å²) in [6.45, 7) is 1.23. The molecule has 1 saturated heterocycles. The maximum Gasteiger partial charge on any atom is 0.181 e. The van der Waals surface area contributed by atoms with Crippen molar-refractivity contribution < 1.29 is 13.9 Å². The van der Waals surface area contributed by atoms with E-state index in [1.807, 2.05) is 12.1 Å². The molecule has 1 aromatic heterocycles. The summed E-state index contributed by atoms with van der Waals surface area (Å²) in [5.74, 6) is 0.843. The van der Waals surface area contributed by atoms with E-state index in [-0.39, 0.29) is 6.29 Å². The van der Waals surface area contributed by atoms with Gasteiger partial charge >= 0.3 is 0 Å². The van der Waals surface area contributed by atoms with Gasteiger partial charge in [-0.2, -0.15) is 0 Å². The molecule has 0 saturated carbocycles. The summed E-state index contributed by atoms with van der Waals surface area (Å²) in [4.78, 5) is 0. The standard InChI is InChI=1S/C7H8O3/c1-2-6(8-3-1)4-9-7-5-10-7/h1-3,7H,4-5H2. The molecule has 0 N–H and O–H groups in total. The van der Waals surface area contributed by atoms with E-state index in [9.17, 15) is 0 Å². The highest BCUT2D eigenvalue weighted by Gasteiger charge is 2.23. The fraction of sp³-hybridized carbons (Fsp3) is 0.429. The van der Waals surface area contributed by atoms with E-state index in [0.717, 1.165) is 12.4 Å². The Morgan fingerprint density at radius 3 is 3.20 bits per heavy atom. The summed E-state index contributed by atoms with van der Waals surface area (Å²) < 4.78 is 15.1. The smallest absolute Gasteiger partial charge is 0.181 e. The molecule has 54 valence electrons. The van der Waals surface area contributed by atoms with Crippen molar-refractivity contribution >= 4 is 0 Å². The van der Waals surface area contributed by atoms with Gasteiger partial charge < -0.3 is 13.9 Å². The van der Waals surface area contributed by atoms with Crippen LogP contribution in [0.3, 0.4) is 0 Å². The van der Waals surface area contributed by atoms with Gasteiger partial charge in [-0.3, -0.25) is 0 Å². The van der Waals surface area contributed by atoms with Gasteiger partial charge in [0.25, 0.3) is 0 Å². The first-order valence-electron chi connectivity index (χ1n) is 3.21. The van der Waals surface area contributed by atoms with Crippen molar-refractivity contribution in [2.45, 2.75) is 12.9 Å². The molecule has 1 aromatic rings. The third-order valence-corrected chi connectivity index (χ3v) is 1.29. The minimum absolute atomic E-state index is 0.0186. The second kappa shape index (κ2) is 2.44. The monoisotopic (exact) mass is 140 g/mol. The Labute approximate surface area is 58.5 Å². The Bertz CT molecular complexity index is 189. The minimum Gasteiger partial charge on any atom is -0.467 e. The highest BCUT2D eigenvalue weighted by atomic mass is 16.8. The normalized spacial score (nSPS) is 23.0. The Kier molecular flexibility index (Phi) is 1.45. The topological polar surface area (TPSA) is 34.9 Å². The molecule has 0 bridgehead atoms. The summed E-state index contributed by atoms with van der Waals surface area (Å²) in [5.41, 5.74) is 0. The number of rotatable bonds is 3. The highest BCUT2D eigenvalue weighted by Crippen LogP contribution is 2.13. The van der Waals surface area contributed by atoms with Gasteiger partial charge in [-0.25, -0.2) is 0 Å². The van der Waals surface area contributed by atoms with Crippen molar-refractivity contribution in [2.24, 2.45) is 0 Å². The summed E-state index contributed by atoms with van der Waals surface area (Å²) in [6, 6.07) is 3.72. The molecular formula is C7H8O3. The first-order chi connectivity index (χ1) is 4.95. The maximum atomic E-state index is 5.18. The Hall–Kier alpha value is -0.800. The zero-order chi connectivity index (χ0) is 6.81.